The topological polar surface area (TPSA) is 52.4 Å². The molecule has 6 heteroatoms. The van der Waals surface area contributed by atoms with Crippen LogP contribution in [0.15, 0.2) is 30.0 Å². The molecule has 0 aliphatic carbocycles. The molecule has 0 saturated carbocycles. The first-order valence-electron chi connectivity index (χ1n) is 4.92. The molecule has 17 heavy (non-hydrogen) atoms. The van der Waals surface area contributed by atoms with Crippen molar-refractivity contribution in [3.63, 3.8) is 0 Å². The Morgan fingerprint density at radius 3 is 2.47 bits per heavy atom. The molecule has 0 aliphatic heterocycles. The lowest BCUT2D eigenvalue weighted by Crippen LogP contribution is -2.01. The number of hydrogen-bond donors (Lipinski definition) is 0. The van der Waals surface area contributed by atoms with Crippen LogP contribution in [0.3, 0.4) is 0 Å². The molecular weight excluding hydrogens is 232 g/mol. The second-order valence-electron chi connectivity index (χ2n) is 3.19. The van der Waals surface area contributed by atoms with Gasteiger partial charge in [0.2, 0.25) is 5.70 Å². The number of hydrogen-bond acceptors (Lipinski definition) is 3. The van der Waals surface area contributed by atoms with Gasteiger partial charge in [-0.05, 0) is 17.7 Å². The van der Waals surface area contributed by atoms with Gasteiger partial charge in [0.15, 0.2) is 0 Å². The molecule has 0 atom stereocenters. The first kappa shape index (κ1) is 13.1. The van der Waals surface area contributed by atoms with E-state index >= 15 is 0 Å². The highest BCUT2D eigenvalue weighted by Crippen LogP contribution is 2.17. The average molecular weight is 243 g/mol. The summed E-state index contributed by atoms with van der Waals surface area (Å²) >= 11 is 0. The normalized spacial score (nSPS) is 11.6. The summed E-state index contributed by atoms with van der Waals surface area (Å²) in [6.45, 7) is -1.20. The van der Waals surface area contributed by atoms with Crippen LogP contribution in [-0.4, -0.2) is 11.5 Å². The molecule has 1 aromatic rings. The largest absolute Gasteiger partial charge is 0.435 e. The zero-order chi connectivity index (χ0) is 12.8. The maximum atomic E-state index is 11.9. The number of nitro groups is 1. The van der Waals surface area contributed by atoms with Crippen molar-refractivity contribution in [2.24, 2.45) is 0 Å². The van der Waals surface area contributed by atoms with E-state index in [0.717, 1.165) is 0 Å². The van der Waals surface area contributed by atoms with Gasteiger partial charge in [-0.25, -0.2) is 0 Å². The summed E-state index contributed by atoms with van der Waals surface area (Å²) in [5.41, 5.74) is 0.632. The Hall–Kier alpha value is -1.98. The molecule has 0 N–H and O–H groups in total. The van der Waals surface area contributed by atoms with Crippen LogP contribution in [-0.2, 0) is 0 Å². The molecule has 0 aliphatic rings. The molecule has 0 radical (unpaired) electrons. The molecule has 4 nitrogen and oxygen atoms in total. The quantitative estimate of drug-likeness (QED) is 0.588. The van der Waals surface area contributed by atoms with Gasteiger partial charge in [-0.15, -0.1) is 0 Å². The van der Waals surface area contributed by atoms with E-state index in [4.69, 9.17) is 0 Å². The van der Waals surface area contributed by atoms with Crippen LogP contribution in [0.4, 0.5) is 8.78 Å². The van der Waals surface area contributed by atoms with Crippen LogP contribution in [0, 0.1) is 10.1 Å². The summed E-state index contributed by atoms with van der Waals surface area (Å²) in [6, 6.07) is 5.64. The van der Waals surface area contributed by atoms with Gasteiger partial charge < -0.3 is 4.74 Å². The molecule has 1 rings (SSSR count). The zero-order valence-corrected chi connectivity index (χ0v) is 9.10. The first-order chi connectivity index (χ1) is 8.02. The van der Waals surface area contributed by atoms with Crippen molar-refractivity contribution >= 4 is 6.08 Å². The van der Waals surface area contributed by atoms with Gasteiger partial charge in [0, 0.05) is 12.5 Å². The number of alkyl halides is 2. The van der Waals surface area contributed by atoms with Crippen molar-refractivity contribution in [1.29, 1.82) is 0 Å². The van der Waals surface area contributed by atoms with Crippen LogP contribution in [0.1, 0.15) is 18.9 Å². The molecule has 0 aromatic heterocycles. The van der Waals surface area contributed by atoms with Gasteiger partial charge in [0.1, 0.15) is 5.75 Å². The fourth-order valence-corrected chi connectivity index (χ4v) is 1.22. The molecule has 1 aromatic carbocycles. The van der Waals surface area contributed by atoms with E-state index in [-0.39, 0.29) is 11.4 Å². The summed E-state index contributed by atoms with van der Waals surface area (Å²) in [5, 5.41) is 10.6. The standard InChI is InChI=1S/C11H11F2NO3/c1-2-9(14(15)16)7-8-3-5-10(6-4-8)17-11(12)13/h3-7,11H,2H2,1H3. The Morgan fingerprint density at radius 2 is 2.06 bits per heavy atom. The number of nitrogens with zero attached hydrogens (tertiary/aromatic N) is 1. The van der Waals surface area contributed by atoms with Gasteiger partial charge in [0.05, 0.1) is 4.92 Å². The van der Waals surface area contributed by atoms with Crippen molar-refractivity contribution in [3.05, 3.63) is 45.6 Å². The molecule has 0 fully saturated rings. The lowest BCUT2D eigenvalue weighted by molar-refractivity contribution is -0.425. The van der Waals surface area contributed by atoms with Gasteiger partial charge in [0.25, 0.3) is 0 Å². The number of halogens is 2. The third-order valence-corrected chi connectivity index (χ3v) is 2.04. The lowest BCUT2D eigenvalue weighted by Gasteiger charge is -2.03. The molecule has 0 saturated heterocycles. The number of rotatable bonds is 5. The van der Waals surface area contributed by atoms with Gasteiger partial charge in [-0.3, -0.25) is 10.1 Å². The van der Waals surface area contributed by atoms with Crippen LogP contribution >= 0.6 is 0 Å². The minimum Gasteiger partial charge on any atom is -0.435 e. The monoisotopic (exact) mass is 243 g/mol. The van der Waals surface area contributed by atoms with E-state index in [0.29, 0.717) is 12.0 Å². The molecule has 0 spiro atoms. The SMILES string of the molecule is CCC(=Cc1ccc(OC(F)F)cc1)[N+](=O)[O-]. The highest BCUT2D eigenvalue weighted by Gasteiger charge is 2.07. The van der Waals surface area contributed by atoms with E-state index in [1.54, 1.807) is 6.92 Å². The van der Waals surface area contributed by atoms with Crippen molar-refractivity contribution in [2.45, 2.75) is 20.0 Å². The summed E-state index contributed by atoms with van der Waals surface area (Å²) in [5.74, 6) is 0.0244. The van der Waals surface area contributed by atoms with Crippen molar-refractivity contribution in [3.8, 4) is 5.75 Å². The maximum Gasteiger partial charge on any atom is 0.387 e. The number of ether oxygens (including phenoxy) is 1. The predicted octanol–water partition coefficient (Wildman–Crippen LogP) is 3.32. The van der Waals surface area contributed by atoms with Crippen LogP contribution in [0.25, 0.3) is 6.08 Å². The Labute approximate surface area is 96.7 Å². The van der Waals surface area contributed by atoms with E-state index in [1.165, 1.54) is 30.3 Å². The third kappa shape index (κ3) is 4.18. The lowest BCUT2D eigenvalue weighted by atomic mass is 10.1. The Kier molecular flexibility index (Phi) is 4.56. The average Bonchev–Trinajstić information content (AvgIpc) is 2.26. The smallest absolute Gasteiger partial charge is 0.387 e. The van der Waals surface area contributed by atoms with Crippen molar-refractivity contribution in [2.75, 3.05) is 0 Å². The van der Waals surface area contributed by atoms with Crippen LogP contribution < -0.4 is 4.74 Å². The Morgan fingerprint density at radius 1 is 1.47 bits per heavy atom. The zero-order valence-electron chi connectivity index (χ0n) is 9.10. The third-order valence-electron chi connectivity index (χ3n) is 2.04. The predicted molar refractivity (Wildman–Crippen MR) is 58.3 cm³/mol. The summed E-state index contributed by atoms with van der Waals surface area (Å²) in [7, 11) is 0. The van der Waals surface area contributed by atoms with E-state index in [2.05, 4.69) is 4.74 Å². The second kappa shape index (κ2) is 5.93. The Bertz CT molecular complexity index is 415. The number of allylic oxidation sites excluding steroid dienone is 1. The fraction of sp³-hybridized carbons (Fsp3) is 0.273. The van der Waals surface area contributed by atoms with Gasteiger partial charge >= 0.3 is 6.61 Å². The minimum atomic E-state index is -2.87. The maximum absolute atomic E-state index is 11.9. The van der Waals surface area contributed by atoms with Gasteiger partial charge in [-0.2, -0.15) is 8.78 Å². The molecule has 92 valence electrons. The highest BCUT2D eigenvalue weighted by atomic mass is 19.3. The molecule has 0 heterocycles. The Balaban J connectivity index is 2.84. The first-order valence-corrected chi connectivity index (χ1v) is 4.92. The van der Waals surface area contributed by atoms with Crippen molar-refractivity contribution < 1.29 is 18.4 Å². The number of benzene rings is 1. The molecule has 0 unspecified atom stereocenters. The summed E-state index contributed by atoms with van der Waals surface area (Å²) < 4.78 is 27.9. The van der Waals surface area contributed by atoms with E-state index in [1.807, 2.05) is 0 Å². The highest BCUT2D eigenvalue weighted by molar-refractivity contribution is 5.52. The van der Waals surface area contributed by atoms with E-state index in [9.17, 15) is 18.9 Å². The molecule has 0 amide bonds. The fourth-order valence-electron chi connectivity index (χ4n) is 1.22. The summed E-state index contributed by atoms with van der Waals surface area (Å²) in [4.78, 5) is 10.1. The van der Waals surface area contributed by atoms with Crippen molar-refractivity contribution in [1.82, 2.24) is 0 Å². The minimum absolute atomic E-state index is 0.0244. The molecular formula is C11H11F2NO3. The second-order valence-corrected chi connectivity index (χ2v) is 3.19. The molecule has 0 bridgehead atoms. The van der Waals surface area contributed by atoms with E-state index < -0.39 is 11.5 Å². The van der Waals surface area contributed by atoms with Gasteiger partial charge in [-0.1, -0.05) is 19.1 Å². The van der Waals surface area contributed by atoms with Crippen LogP contribution in [0.2, 0.25) is 0 Å². The summed E-state index contributed by atoms with van der Waals surface area (Å²) in [6.07, 6.45) is 1.69. The van der Waals surface area contributed by atoms with Crippen LogP contribution in [0.5, 0.6) is 5.75 Å².